The van der Waals surface area contributed by atoms with Crippen LogP contribution in [0, 0.1) is 6.92 Å². The molecular formula is C19H15F3S2. The van der Waals surface area contributed by atoms with Crippen molar-refractivity contribution < 1.29 is 13.2 Å². The Morgan fingerprint density at radius 2 is 1.75 bits per heavy atom. The van der Waals surface area contributed by atoms with E-state index in [4.69, 9.17) is 0 Å². The van der Waals surface area contributed by atoms with Gasteiger partial charge in [0.05, 0.1) is 5.56 Å². The molecule has 0 saturated heterocycles. The van der Waals surface area contributed by atoms with Crippen molar-refractivity contribution in [1.29, 1.82) is 0 Å². The number of benzene rings is 2. The molecule has 3 rings (SSSR count). The number of rotatable bonds is 4. The number of halogens is 3. The molecule has 3 aromatic rings. The highest BCUT2D eigenvalue weighted by molar-refractivity contribution is 7.98. The van der Waals surface area contributed by atoms with E-state index in [1.165, 1.54) is 28.2 Å². The lowest BCUT2D eigenvalue weighted by Crippen LogP contribution is -2.03. The molecule has 0 aliphatic heterocycles. The fraction of sp³-hybridized carbons (Fsp3) is 0.158. The molecule has 5 heteroatoms. The van der Waals surface area contributed by atoms with Gasteiger partial charge in [0.15, 0.2) is 0 Å². The minimum absolute atomic E-state index is 0.613. The molecule has 24 heavy (non-hydrogen) atoms. The fourth-order valence-electron chi connectivity index (χ4n) is 2.30. The predicted molar refractivity (Wildman–Crippen MR) is 95.5 cm³/mol. The van der Waals surface area contributed by atoms with Crippen LogP contribution in [0.2, 0.25) is 0 Å². The van der Waals surface area contributed by atoms with Crippen LogP contribution in [0.25, 0.3) is 10.4 Å². The van der Waals surface area contributed by atoms with Gasteiger partial charge in [-0.05, 0) is 53.8 Å². The Morgan fingerprint density at radius 1 is 1.00 bits per heavy atom. The first kappa shape index (κ1) is 17.1. The first-order valence-corrected chi connectivity index (χ1v) is 9.23. The zero-order chi connectivity index (χ0) is 17.2. The third-order valence-corrected chi connectivity index (χ3v) is 5.64. The summed E-state index contributed by atoms with van der Waals surface area (Å²) in [4.78, 5) is 2.21. The standard InChI is InChI=1S/C19H15F3S2/c1-13-3-2-4-17(9-13)23-11-14-10-18(24-12-14)15-5-7-16(8-6-15)19(20,21)22/h2-10,12H,11H2,1H3. The normalized spacial score (nSPS) is 11.7. The lowest BCUT2D eigenvalue weighted by Gasteiger charge is -2.06. The maximum Gasteiger partial charge on any atom is 0.416 e. The molecule has 0 spiro atoms. The molecule has 0 nitrogen and oxygen atoms in total. The van der Waals surface area contributed by atoms with Crippen LogP contribution in [-0.2, 0) is 11.9 Å². The molecule has 124 valence electrons. The van der Waals surface area contributed by atoms with Crippen molar-refractivity contribution in [2.24, 2.45) is 0 Å². The Labute approximate surface area is 147 Å². The average molecular weight is 364 g/mol. The Kier molecular flexibility index (Phi) is 5.01. The van der Waals surface area contributed by atoms with Crippen molar-refractivity contribution in [3.05, 3.63) is 76.7 Å². The van der Waals surface area contributed by atoms with E-state index in [1.54, 1.807) is 23.1 Å². The van der Waals surface area contributed by atoms with Crippen molar-refractivity contribution in [1.82, 2.24) is 0 Å². The summed E-state index contributed by atoms with van der Waals surface area (Å²) in [5.74, 6) is 0.848. The monoisotopic (exact) mass is 364 g/mol. The summed E-state index contributed by atoms with van der Waals surface area (Å²) < 4.78 is 37.8. The van der Waals surface area contributed by atoms with E-state index in [9.17, 15) is 13.2 Å². The Morgan fingerprint density at radius 3 is 2.42 bits per heavy atom. The van der Waals surface area contributed by atoms with Crippen LogP contribution < -0.4 is 0 Å². The predicted octanol–water partition coefficient (Wildman–Crippen LogP) is 7.03. The van der Waals surface area contributed by atoms with Crippen LogP contribution in [-0.4, -0.2) is 0 Å². The molecule has 0 saturated carbocycles. The van der Waals surface area contributed by atoms with E-state index in [0.717, 1.165) is 28.3 Å². The molecule has 0 aliphatic carbocycles. The molecule has 0 amide bonds. The molecule has 0 unspecified atom stereocenters. The second-order valence-electron chi connectivity index (χ2n) is 5.50. The van der Waals surface area contributed by atoms with Gasteiger partial charge in [-0.2, -0.15) is 13.2 Å². The first-order valence-electron chi connectivity index (χ1n) is 7.36. The largest absolute Gasteiger partial charge is 0.416 e. The Bertz CT molecular complexity index is 817. The highest BCUT2D eigenvalue weighted by atomic mass is 32.2. The third-order valence-electron chi connectivity index (χ3n) is 3.55. The van der Waals surface area contributed by atoms with Gasteiger partial charge in [-0.15, -0.1) is 23.1 Å². The first-order chi connectivity index (χ1) is 11.4. The van der Waals surface area contributed by atoms with E-state index in [1.807, 2.05) is 6.07 Å². The fourth-order valence-corrected chi connectivity index (χ4v) is 4.27. The van der Waals surface area contributed by atoms with E-state index in [-0.39, 0.29) is 0 Å². The summed E-state index contributed by atoms with van der Waals surface area (Å²) in [6.45, 7) is 2.07. The summed E-state index contributed by atoms with van der Waals surface area (Å²) in [7, 11) is 0. The molecule has 1 aromatic heterocycles. The summed E-state index contributed by atoms with van der Waals surface area (Å²) in [6, 6.07) is 15.7. The number of aryl methyl sites for hydroxylation is 1. The van der Waals surface area contributed by atoms with Crippen LogP contribution in [0.5, 0.6) is 0 Å². The van der Waals surface area contributed by atoms with E-state index >= 15 is 0 Å². The number of hydrogen-bond acceptors (Lipinski definition) is 2. The lowest BCUT2D eigenvalue weighted by atomic mass is 10.1. The number of alkyl halides is 3. The van der Waals surface area contributed by atoms with Gasteiger partial charge in [0.25, 0.3) is 0 Å². The molecule has 0 radical (unpaired) electrons. The Balaban J connectivity index is 1.69. The second-order valence-corrected chi connectivity index (χ2v) is 7.46. The summed E-state index contributed by atoms with van der Waals surface area (Å²) in [5, 5.41) is 2.07. The smallest absolute Gasteiger partial charge is 0.166 e. The van der Waals surface area contributed by atoms with Crippen molar-refractivity contribution in [3.8, 4) is 10.4 Å². The van der Waals surface area contributed by atoms with Crippen LogP contribution in [0.1, 0.15) is 16.7 Å². The van der Waals surface area contributed by atoms with Crippen molar-refractivity contribution >= 4 is 23.1 Å². The van der Waals surface area contributed by atoms with Gasteiger partial charge in [-0.25, -0.2) is 0 Å². The van der Waals surface area contributed by atoms with Crippen LogP contribution >= 0.6 is 23.1 Å². The summed E-state index contributed by atoms with van der Waals surface area (Å²) in [6.07, 6.45) is -4.29. The van der Waals surface area contributed by atoms with E-state index in [0.29, 0.717) is 0 Å². The minimum atomic E-state index is -4.29. The third kappa shape index (κ3) is 4.22. The van der Waals surface area contributed by atoms with Gasteiger partial charge in [0.1, 0.15) is 0 Å². The summed E-state index contributed by atoms with van der Waals surface area (Å²) in [5.41, 5.74) is 2.62. The highest BCUT2D eigenvalue weighted by Crippen LogP contribution is 2.34. The van der Waals surface area contributed by atoms with Gasteiger partial charge >= 0.3 is 6.18 Å². The second kappa shape index (κ2) is 7.03. The zero-order valence-corrected chi connectivity index (χ0v) is 14.6. The van der Waals surface area contributed by atoms with Gasteiger partial charge in [-0.3, -0.25) is 0 Å². The van der Waals surface area contributed by atoms with Gasteiger partial charge < -0.3 is 0 Å². The highest BCUT2D eigenvalue weighted by Gasteiger charge is 2.29. The average Bonchev–Trinajstić information content (AvgIpc) is 3.01. The van der Waals surface area contributed by atoms with Crippen LogP contribution in [0.3, 0.4) is 0 Å². The van der Waals surface area contributed by atoms with Crippen LogP contribution in [0.4, 0.5) is 13.2 Å². The maximum atomic E-state index is 12.6. The van der Waals surface area contributed by atoms with Gasteiger partial charge in [-0.1, -0.05) is 29.8 Å². The molecular weight excluding hydrogens is 349 g/mol. The summed E-state index contributed by atoms with van der Waals surface area (Å²) >= 11 is 3.32. The molecule has 2 aromatic carbocycles. The quantitative estimate of drug-likeness (QED) is 0.448. The number of hydrogen-bond donors (Lipinski definition) is 0. The van der Waals surface area contributed by atoms with Crippen molar-refractivity contribution in [3.63, 3.8) is 0 Å². The molecule has 0 fully saturated rings. The number of thioether (sulfide) groups is 1. The molecule has 0 N–H and O–H groups in total. The number of thiophene rings is 1. The SMILES string of the molecule is Cc1cccc(SCc2csc(-c3ccc(C(F)(F)F)cc3)c2)c1. The molecule has 0 aliphatic rings. The molecule has 0 atom stereocenters. The van der Waals surface area contributed by atoms with Gasteiger partial charge in [0, 0.05) is 15.5 Å². The topological polar surface area (TPSA) is 0 Å². The lowest BCUT2D eigenvalue weighted by molar-refractivity contribution is -0.137. The van der Waals surface area contributed by atoms with Crippen LogP contribution in [0.15, 0.2) is 64.9 Å². The Hall–Kier alpha value is -1.72. The molecule has 0 bridgehead atoms. The van der Waals surface area contributed by atoms with Crippen molar-refractivity contribution in [2.75, 3.05) is 0 Å². The van der Waals surface area contributed by atoms with E-state index < -0.39 is 11.7 Å². The van der Waals surface area contributed by atoms with Gasteiger partial charge in [0.2, 0.25) is 0 Å². The zero-order valence-electron chi connectivity index (χ0n) is 12.9. The minimum Gasteiger partial charge on any atom is -0.166 e. The maximum absolute atomic E-state index is 12.6. The van der Waals surface area contributed by atoms with E-state index in [2.05, 4.69) is 36.6 Å². The molecule has 1 heterocycles. The van der Waals surface area contributed by atoms with Crippen molar-refractivity contribution in [2.45, 2.75) is 23.7 Å².